The summed E-state index contributed by atoms with van der Waals surface area (Å²) >= 11 is 0. The molecule has 0 unspecified atom stereocenters. The number of hydrogen-bond acceptors (Lipinski definition) is 3. The molecule has 2 aliphatic rings. The lowest BCUT2D eigenvalue weighted by Crippen LogP contribution is -2.45. The molecule has 6 heteroatoms. The number of amides is 2. The van der Waals surface area contributed by atoms with Crippen molar-refractivity contribution < 1.29 is 19.5 Å². The van der Waals surface area contributed by atoms with Crippen LogP contribution in [0.15, 0.2) is 30.3 Å². The zero-order valence-corrected chi connectivity index (χ0v) is 13.5. The van der Waals surface area contributed by atoms with Crippen molar-refractivity contribution >= 4 is 17.8 Å². The summed E-state index contributed by atoms with van der Waals surface area (Å²) in [4.78, 5) is 37.6. The number of carbonyl (C=O) groups is 3. The highest BCUT2D eigenvalue weighted by molar-refractivity contribution is 5.91. The zero-order valence-electron chi connectivity index (χ0n) is 13.5. The van der Waals surface area contributed by atoms with Crippen LogP contribution in [0.5, 0.6) is 0 Å². The summed E-state index contributed by atoms with van der Waals surface area (Å²) in [6.45, 7) is 1.13. The van der Waals surface area contributed by atoms with Gasteiger partial charge in [0.05, 0.1) is 5.92 Å². The van der Waals surface area contributed by atoms with E-state index < -0.39 is 17.9 Å². The maximum Gasteiger partial charge on any atom is 0.326 e. The van der Waals surface area contributed by atoms with E-state index in [1.807, 2.05) is 30.3 Å². The quantitative estimate of drug-likeness (QED) is 0.782. The maximum absolute atomic E-state index is 12.4. The maximum atomic E-state index is 12.4. The molecular formula is C18H22N2O4. The van der Waals surface area contributed by atoms with Crippen LogP contribution in [-0.2, 0) is 20.8 Å². The molecule has 24 heavy (non-hydrogen) atoms. The van der Waals surface area contributed by atoms with E-state index in [0.29, 0.717) is 12.5 Å². The van der Waals surface area contributed by atoms with E-state index in [4.69, 9.17) is 0 Å². The highest BCUT2D eigenvalue weighted by atomic mass is 16.4. The molecule has 2 N–H and O–H groups in total. The van der Waals surface area contributed by atoms with Gasteiger partial charge in [0.2, 0.25) is 11.8 Å². The lowest BCUT2D eigenvalue weighted by molar-refractivity contribution is -0.142. The van der Waals surface area contributed by atoms with Crippen LogP contribution in [0.1, 0.15) is 24.8 Å². The Kier molecular flexibility index (Phi) is 4.83. The number of nitrogens with zero attached hydrogens (tertiary/aromatic N) is 1. The molecule has 1 aliphatic carbocycles. The van der Waals surface area contributed by atoms with Crippen molar-refractivity contribution in [1.29, 1.82) is 0 Å². The highest BCUT2D eigenvalue weighted by Crippen LogP contribution is 2.32. The van der Waals surface area contributed by atoms with E-state index in [0.717, 1.165) is 24.9 Å². The summed E-state index contributed by atoms with van der Waals surface area (Å²) in [7, 11) is 0. The van der Waals surface area contributed by atoms with Crippen LogP contribution in [0.4, 0.5) is 0 Å². The second-order valence-electron chi connectivity index (χ2n) is 6.73. The van der Waals surface area contributed by atoms with Crippen molar-refractivity contribution in [1.82, 2.24) is 10.2 Å². The van der Waals surface area contributed by atoms with Gasteiger partial charge in [0, 0.05) is 25.9 Å². The fourth-order valence-corrected chi connectivity index (χ4v) is 3.08. The van der Waals surface area contributed by atoms with Crippen LogP contribution >= 0.6 is 0 Å². The first kappa shape index (κ1) is 16.5. The summed E-state index contributed by atoms with van der Waals surface area (Å²) in [5, 5.41) is 12.0. The van der Waals surface area contributed by atoms with Crippen LogP contribution in [0.25, 0.3) is 0 Å². The summed E-state index contributed by atoms with van der Waals surface area (Å²) < 4.78 is 0. The number of nitrogens with one attached hydrogen (secondary N) is 1. The zero-order chi connectivity index (χ0) is 17.1. The number of aliphatic carboxylic acids is 1. The van der Waals surface area contributed by atoms with Gasteiger partial charge in [-0.05, 0) is 24.3 Å². The van der Waals surface area contributed by atoms with Gasteiger partial charge in [-0.1, -0.05) is 30.3 Å². The predicted octanol–water partition coefficient (Wildman–Crippen LogP) is 1.06. The lowest BCUT2D eigenvalue weighted by Gasteiger charge is -2.18. The third kappa shape index (κ3) is 4.13. The van der Waals surface area contributed by atoms with Crippen LogP contribution in [0.3, 0.4) is 0 Å². The van der Waals surface area contributed by atoms with Gasteiger partial charge in [0.25, 0.3) is 0 Å². The number of carboxylic acids is 1. The average Bonchev–Trinajstić information content (AvgIpc) is 3.30. The normalized spacial score (nSPS) is 21.6. The molecule has 2 atom stereocenters. The Morgan fingerprint density at radius 2 is 1.96 bits per heavy atom. The molecule has 1 saturated carbocycles. The summed E-state index contributed by atoms with van der Waals surface area (Å²) in [5.41, 5.74) is 0.850. The first-order valence-corrected chi connectivity index (χ1v) is 8.38. The number of benzene rings is 1. The van der Waals surface area contributed by atoms with Crippen LogP contribution in [0.2, 0.25) is 0 Å². The number of rotatable bonds is 7. The van der Waals surface area contributed by atoms with E-state index in [1.165, 1.54) is 0 Å². The van der Waals surface area contributed by atoms with Crippen molar-refractivity contribution in [3.63, 3.8) is 0 Å². The monoisotopic (exact) mass is 330 g/mol. The van der Waals surface area contributed by atoms with E-state index in [1.54, 1.807) is 4.90 Å². The summed E-state index contributed by atoms with van der Waals surface area (Å²) in [5.74, 6) is -1.28. The molecule has 1 aromatic rings. The van der Waals surface area contributed by atoms with Gasteiger partial charge >= 0.3 is 5.97 Å². The molecule has 1 saturated heterocycles. The Morgan fingerprint density at radius 1 is 1.25 bits per heavy atom. The molecule has 128 valence electrons. The Labute approximate surface area is 140 Å². The van der Waals surface area contributed by atoms with E-state index in [-0.39, 0.29) is 24.7 Å². The van der Waals surface area contributed by atoms with Crippen molar-refractivity contribution in [2.75, 3.05) is 13.1 Å². The molecule has 1 heterocycles. The minimum Gasteiger partial charge on any atom is -0.480 e. The molecule has 2 amide bonds. The van der Waals surface area contributed by atoms with Gasteiger partial charge in [-0.15, -0.1) is 0 Å². The minimum atomic E-state index is -1.06. The third-order valence-corrected chi connectivity index (χ3v) is 4.66. The molecule has 3 rings (SSSR count). The van der Waals surface area contributed by atoms with Gasteiger partial charge in [0.15, 0.2) is 0 Å². The Morgan fingerprint density at radius 3 is 2.58 bits per heavy atom. The fourth-order valence-electron chi connectivity index (χ4n) is 3.08. The summed E-state index contributed by atoms with van der Waals surface area (Å²) in [6, 6.07) is 8.21. The molecular weight excluding hydrogens is 308 g/mol. The van der Waals surface area contributed by atoms with Gasteiger partial charge in [-0.3, -0.25) is 9.59 Å². The van der Waals surface area contributed by atoms with Crippen molar-refractivity contribution in [3.8, 4) is 0 Å². The van der Waals surface area contributed by atoms with Crippen molar-refractivity contribution in [3.05, 3.63) is 35.9 Å². The second kappa shape index (κ2) is 7.03. The van der Waals surface area contributed by atoms with Gasteiger partial charge in [-0.25, -0.2) is 4.79 Å². The van der Waals surface area contributed by atoms with Gasteiger partial charge in [0.1, 0.15) is 6.04 Å². The van der Waals surface area contributed by atoms with Crippen molar-refractivity contribution in [2.45, 2.75) is 31.7 Å². The van der Waals surface area contributed by atoms with E-state index in [2.05, 4.69) is 5.32 Å². The summed E-state index contributed by atoms with van der Waals surface area (Å²) in [6.07, 6.45) is 2.71. The molecule has 0 aromatic heterocycles. The SMILES string of the molecule is O=C(N[C@H](Cc1ccccc1)C(=O)O)[C@@H]1CC(=O)N(CC2CC2)C1. The molecule has 1 aromatic carbocycles. The molecule has 0 bridgehead atoms. The van der Waals surface area contributed by atoms with Gasteiger partial charge < -0.3 is 15.3 Å². The molecule has 1 aliphatic heterocycles. The van der Waals surface area contributed by atoms with E-state index >= 15 is 0 Å². The highest BCUT2D eigenvalue weighted by Gasteiger charge is 2.38. The molecule has 0 spiro atoms. The Balaban J connectivity index is 1.57. The van der Waals surface area contributed by atoms with Gasteiger partial charge in [-0.2, -0.15) is 0 Å². The Hall–Kier alpha value is -2.37. The largest absolute Gasteiger partial charge is 0.480 e. The van der Waals surface area contributed by atoms with E-state index in [9.17, 15) is 19.5 Å². The second-order valence-corrected chi connectivity index (χ2v) is 6.73. The average molecular weight is 330 g/mol. The molecule has 0 radical (unpaired) electrons. The topological polar surface area (TPSA) is 86.7 Å². The van der Waals surface area contributed by atoms with Crippen LogP contribution in [-0.4, -0.2) is 46.9 Å². The first-order chi connectivity index (χ1) is 11.5. The minimum absolute atomic E-state index is 0.00279. The first-order valence-electron chi connectivity index (χ1n) is 8.38. The standard InChI is InChI=1S/C18H22N2O4/c21-16-9-14(11-20(16)10-13-6-7-13)17(22)19-15(18(23)24)8-12-4-2-1-3-5-12/h1-5,13-15H,6-11H2,(H,19,22)(H,23,24)/t14-,15-/m1/s1. The smallest absolute Gasteiger partial charge is 0.326 e. The number of carbonyl (C=O) groups excluding carboxylic acids is 2. The third-order valence-electron chi connectivity index (χ3n) is 4.66. The predicted molar refractivity (Wildman–Crippen MR) is 87.1 cm³/mol. The van der Waals surface area contributed by atoms with Crippen LogP contribution < -0.4 is 5.32 Å². The van der Waals surface area contributed by atoms with Crippen LogP contribution in [0, 0.1) is 11.8 Å². The van der Waals surface area contributed by atoms with Crippen molar-refractivity contribution in [2.24, 2.45) is 11.8 Å². The number of carboxylic acid groups (broad SMARTS) is 1. The number of hydrogen-bond donors (Lipinski definition) is 2. The molecule has 2 fully saturated rings. The Bertz CT molecular complexity index is 627. The number of likely N-dealkylation sites (tertiary alicyclic amines) is 1. The lowest BCUT2D eigenvalue weighted by atomic mass is 10.0. The molecule has 6 nitrogen and oxygen atoms in total. The fraction of sp³-hybridized carbons (Fsp3) is 0.500.